The molecule has 2 nitrogen and oxygen atoms in total. The fraction of sp³-hybridized carbons (Fsp3) is 0.0714. The average Bonchev–Trinajstić information content (AvgIpc) is 2.38. The van der Waals surface area contributed by atoms with Crippen LogP contribution in [0.5, 0.6) is 0 Å². The lowest BCUT2D eigenvalue weighted by atomic mass is 10.2. The summed E-state index contributed by atoms with van der Waals surface area (Å²) in [6, 6.07) is 13.9. The molecule has 2 aromatic carbocycles. The SMILES string of the molecule is N#Cc1ccc(NCc2ccc(F)cc2Br)cc1. The molecule has 0 saturated heterocycles. The Labute approximate surface area is 113 Å². The molecule has 0 saturated carbocycles. The Kier molecular flexibility index (Phi) is 3.96. The van der Waals surface area contributed by atoms with E-state index in [9.17, 15) is 4.39 Å². The number of nitrogens with one attached hydrogen (secondary N) is 1. The number of nitrogens with zero attached hydrogens (tertiary/aromatic N) is 1. The molecule has 0 aliphatic rings. The molecule has 0 bridgehead atoms. The molecule has 0 atom stereocenters. The Balaban J connectivity index is 2.04. The second kappa shape index (κ2) is 5.65. The normalized spacial score (nSPS) is 9.83. The number of benzene rings is 2. The predicted octanol–water partition coefficient (Wildman–Crippen LogP) is 4.07. The van der Waals surface area contributed by atoms with E-state index in [-0.39, 0.29) is 5.82 Å². The minimum atomic E-state index is -0.260. The van der Waals surface area contributed by atoms with Crippen LogP contribution in [0.2, 0.25) is 0 Å². The quantitative estimate of drug-likeness (QED) is 0.927. The van der Waals surface area contributed by atoms with Gasteiger partial charge in [-0.1, -0.05) is 22.0 Å². The fourth-order valence-electron chi connectivity index (χ4n) is 1.52. The number of rotatable bonds is 3. The largest absolute Gasteiger partial charge is 0.381 e. The predicted molar refractivity (Wildman–Crippen MR) is 72.6 cm³/mol. The minimum absolute atomic E-state index is 0.260. The van der Waals surface area contributed by atoms with E-state index in [2.05, 4.69) is 27.3 Å². The zero-order valence-electron chi connectivity index (χ0n) is 9.45. The van der Waals surface area contributed by atoms with Crippen LogP contribution in [0.15, 0.2) is 46.9 Å². The van der Waals surface area contributed by atoms with E-state index in [1.165, 1.54) is 12.1 Å². The van der Waals surface area contributed by atoms with E-state index in [1.807, 2.05) is 12.1 Å². The molecule has 0 fully saturated rings. The Morgan fingerprint density at radius 2 is 1.89 bits per heavy atom. The maximum atomic E-state index is 12.9. The number of nitriles is 1. The van der Waals surface area contributed by atoms with Gasteiger partial charge in [-0.2, -0.15) is 5.26 Å². The summed E-state index contributed by atoms with van der Waals surface area (Å²) in [4.78, 5) is 0. The van der Waals surface area contributed by atoms with E-state index < -0.39 is 0 Å². The molecule has 0 radical (unpaired) electrons. The number of halogens is 2. The Morgan fingerprint density at radius 3 is 2.50 bits per heavy atom. The van der Waals surface area contributed by atoms with Crippen molar-refractivity contribution in [3.05, 3.63) is 63.9 Å². The van der Waals surface area contributed by atoms with Crippen LogP contribution < -0.4 is 5.32 Å². The van der Waals surface area contributed by atoms with Gasteiger partial charge in [0.2, 0.25) is 0 Å². The Bertz CT molecular complexity index is 588. The van der Waals surface area contributed by atoms with Crippen molar-refractivity contribution in [1.82, 2.24) is 0 Å². The van der Waals surface area contributed by atoms with Gasteiger partial charge in [0.25, 0.3) is 0 Å². The van der Waals surface area contributed by atoms with Crippen molar-refractivity contribution >= 4 is 21.6 Å². The first-order valence-corrected chi connectivity index (χ1v) is 6.16. The van der Waals surface area contributed by atoms with Crippen LogP contribution in [0.25, 0.3) is 0 Å². The van der Waals surface area contributed by atoms with Crippen LogP contribution in [0.1, 0.15) is 11.1 Å². The highest BCUT2D eigenvalue weighted by Crippen LogP contribution is 2.19. The molecule has 0 unspecified atom stereocenters. The van der Waals surface area contributed by atoms with Gasteiger partial charge in [0.05, 0.1) is 11.6 Å². The van der Waals surface area contributed by atoms with Crippen molar-refractivity contribution in [2.45, 2.75) is 6.54 Å². The van der Waals surface area contributed by atoms with Crippen molar-refractivity contribution in [2.75, 3.05) is 5.32 Å². The van der Waals surface area contributed by atoms with E-state index in [0.29, 0.717) is 12.1 Å². The van der Waals surface area contributed by atoms with Crippen LogP contribution in [-0.2, 0) is 6.54 Å². The topological polar surface area (TPSA) is 35.8 Å². The second-order valence-corrected chi connectivity index (χ2v) is 4.63. The number of hydrogen-bond acceptors (Lipinski definition) is 2. The molecule has 4 heteroatoms. The summed E-state index contributed by atoms with van der Waals surface area (Å²) >= 11 is 3.32. The zero-order chi connectivity index (χ0) is 13.0. The molecule has 2 rings (SSSR count). The van der Waals surface area contributed by atoms with Gasteiger partial charge in [-0.15, -0.1) is 0 Å². The molecule has 18 heavy (non-hydrogen) atoms. The van der Waals surface area contributed by atoms with Crippen molar-refractivity contribution in [3.8, 4) is 6.07 Å². The molecule has 1 N–H and O–H groups in total. The van der Waals surface area contributed by atoms with Gasteiger partial charge in [-0.05, 0) is 42.0 Å². The monoisotopic (exact) mass is 304 g/mol. The minimum Gasteiger partial charge on any atom is -0.381 e. The maximum Gasteiger partial charge on any atom is 0.124 e. The molecule has 2 aromatic rings. The molecular formula is C14H10BrFN2. The van der Waals surface area contributed by atoms with Gasteiger partial charge >= 0.3 is 0 Å². The molecule has 0 heterocycles. The van der Waals surface area contributed by atoms with Crippen LogP contribution >= 0.6 is 15.9 Å². The highest BCUT2D eigenvalue weighted by atomic mass is 79.9. The van der Waals surface area contributed by atoms with Crippen LogP contribution in [0.3, 0.4) is 0 Å². The van der Waals surface area contributed by atoms with Gasteiger partial charge in [0, 0.05) is 16.7 Å². The van der Waals surface area contributed by atoms with E-state index in [0.717, 1.165) is 15.7 Å². The molecule has 0 amide bonds. The standard InChI is InChI=1S/C14H10BrFN2/c15-14-7-12(16)4-3-11(14)9-18-13-5-1-10(8-17)2-6-13/h1-7,18H,9H2. The highest BCUT2D eigenvalue weighted by Gasteiger charge is 2.01. The third kappa shape index (κ3) is 3.08. The summed E-state index contributed by atoms with van der Waals surface area (Å²) < 4.78 is 13.7. The van der Waals surface area contributed by atoms with E-state index >= 15 is 0 Å². The molecule has 0 spiro atoms. The van der Waals surface area contributed by atoms with Crippen LogP contribution in [0.4, 0.5) is 10.1 Å². The summed E-state index contributed by atoms with van der Waals surface area (Å²) in [5.41, 5.74) is 2.52. The average molecular weight is 305 g/mol. The van der Waals surface area contributed by atoms with Gasteiger partial charge in [0.1, 0.15) is 5.82 Å². The first-order chi connectivity index (χ1) is 8.69. The number of hydrogen-bond donors (Lipinski definition) is 1. The van der Waals surface area contributed by atoms with Crippen LogP contribution in [0, 0.1) is 17.1 Å². The highest BCUT2D eigenvalue weighted by molar-refractivity contribution is 9.10. The fourth-order valence-corrected chi connectivity index (χ4v) is 2.02. The van der Waals surface area contributed by atoms with Crippen molar-refractivity contribution in [3.63, 3.8) is 0 Å². The summed E-state index contributed by atoms with van der Waals surface area (Å²) in [6.07, 6.45) is 0. The second-order valence-electron chi connectivity index (χ2n) is 3.78. The molecule has 0 aliphatic heterocycles. The zero-order valence-corrected chi connectivity index (χ0v) is 11.0. The van der Waals surface area contributed by atoms with Gasteiger partial charge in [0.15, 0.2) is 0 Å². The summed E-state index contributed by atoms with van der Waals surface area (Å²) in [5.74, 6) is -0.260. The lowest BCUT2D eigenvalue weighted by molar-refractivity contribution is 0.626. The third-order valence-electron chi connectivity index (χ3n) is 2.51. The van der Waals surface area contributed by atoms with Gasteiger partial charge < -0.3 is 5.32 Å². The maximum absolute atomic E-state index is 12.9. The molecular weight excluding hydrogens is 295 g/mol. The summed E-state index contributed by atoms with van der Waals surface area (Å²) in [6.45, 7) is 0.590. The summed E-state index contributed by atoms with van der Waals surface area (Å²) in [7, 11) is 0. The van der Waals surface area contributed by atoms with Gasteiger partial charge in [-0.25, -0.2) is 4.39 Å². The molecule has 0 aromatic heterocycles. The smallest absolute Gasteiger partial charge is 0.124 e. The van der Waals surface area contributed by atoms with Crippen molar-refractivity contribution < 1.29 is 4.39 Å². The first-order valence-electron chi connectivity index (χ1n) is 5.37. The van der Waals surface area contributed by atoms with E-state index in [4.69, 9.17) is 5.26 Å². The Hall–Kier alpha value is -1.86. The van der Waals surface area contributed by atoms with Crippen molar-refractivity contribution in [2.24, 2.45) is 0 Å². The van der Waals surface area contributed by atoms with E-state index in [1.54, 1.807) is 18.2 Å². The number of anilines is 1. The molecule has 0 aliphatic carbocycles. The van der Waals surface area contributed by atoms with Crippen LogP contribution in [-0.4, -0.2) is 0 Å². The lowest BCUT2D eigenvalue weighted by Crippen LogP contribution is -2.00. The first kappa shape index (κ1) is 12.6. The van der Waals surface area contributed by atoms with Gasteiger partial charge in [-0.3, -0.25) is 0 Å². The molecule has 90 valence electrons. The Morgan fingerprint density at radius 1 is 1.17 bits per heavy atom. The third-order valence-corrected chi connectivity index (χ3v) is 3.25. The van der Waals surface area contributed by atoms with Crippen molar-refractivity contribution in [1.29, 1.82) is 5.26 Å². The summed E-state index contributed by atoms with van der Waals surface area (Å²) in [5, 5.41) is 11.9. The lowest BCUT2D eigenvalue weighted by Gasteiger charge is -2.08.